The first kappa shape index (κ1) is 22.7. The van der Waals surface area contributed by atoms with E-state index in [-0.39, 0.29) is 18.9 Å². The van der Waals surface area contributed by atoms with Crippen molar-refractivity contribution in [2.24, 2.45) is 0 Å². The van der Waals surface area contributed by atoms with E-state index < -0.39 is 5.91 Å². The van der Waals surface area contributed by atoms with Crippen LogP contribution in [0.25, 0.3) is 0 Å². The zero-order valence-electron chi connectivity index (χ0n) is 18.1. The molecule has 0 saturated carbocycles. The van der Waals surface area contributed by atoms with E-state index in [1.165, 1.54) is 0 Å². The number of carbonyl (C=O) groups excluding carboxylic acids is 2. The van der Waals surface area contributed by atoms with Crippen molar-refractivity contribution < 1.29 is 23.8 Å². The number of nitrogens with one attached hydrogen (secondary N) is 2. The van der Waals surface area contributed by atoms with E-state index in [4.69, 9.17) is 14.2 Å². The second-order valence-corrected chi connectivity index (χ2v) is 7.12. The van der Waals surface area contributed by atoms with E-state index in [9.17, 15) is 9.59 Å². The number of hydrogen-bond donors (Lipinski definition) is 2. The van der Waals surface area contributed by atoms with Crippen LogP contribution in [-0.4, -0.2) is 25.5 Å². The summed E-state index contributed by atoms with van der Waals surface area (Å²) in [7, 11) is 1.55. The number of hydrazine groups is 1. The quantitative estimate of drug-likeness (QED) is 0.505. The highest BCUT2D eigenvalue weighted by Gasteiger charge is 2.10. The molecule has 2 amide bonds. The number of amides is 2. The Morgan fingerprint density at radius 2 is 1.47 bits per heavy atom. The molecule has 3 aromatic rings. The Bertz CT molecular complexity index is 1040. The van der Waals surface area contributed by atoms with Gasteiger partial charge in [-0.2, -0.15) is 0 Å². The van der Waals surface area contributed by atoms with Crippen molar-refractivity contribution in [3.63, 3.8) is 0 Å². The van der Waals surface area contributed by atoms with Gasteiger partial charge in [-0.1, -0.05) is 48.0 Å². The molecule has 0 aliphatic rings. The molecule has 0 saturated heterocycles. The van der Waals surface area contributed by atoms with Gasteiger partial charge in [0, 0.05) is 5.56 Å². The van der Waals surface area contributed by atoms with Gasteiger partial charge in [-0.25, -0.2) is 0 Å². The molecule has 7 nitrogen and oxygen atoms in total. The summed E-state index contributed by atoms with van der Waals surface area (Å²) in [6, 6.07) is 22.4. The van der Waals surface area contributed by atoms with E-state index in [1.807, 2.05) is 55.5 Å². The van der Waals surface area contributed by atoms with Crippen LogP contribution in [0.15, 0.2) is 72.8 Å². The Morgan fingerprint density at radius 3 is 2.16 bits per heavy atom. The predicted molar refractivity (Wildman–Crippen MR) is 120 cm³/mol. The third-order valence-electron chi connectivity index (χ3n) is 4.57. The Balaban J connectivity index is 1.39. The average Bonchev–Trinajstić information content (AvgIpc) is 2.81. The molecule has 3 aromatic carbocycles. The van der Waals surface area contributed by atoms with Crippen LogP contribution >= 0.6 is 0 Å². The molecule has 0 fully saturated rings. The van der Waals surface area contributed by atoms with E-state index in [0.717, 1.165) is 16.7 Å². The summed E-state index contributed by atoms with van der Waals surface area (Å²) >= 11 is 0. The Kier molecular flexibility index (Phi) is 8.09. The second kappa shape index (κ2) is 11.4. The highest BCUT2D eigenvalue weighted by atomic mass is 16.5. The number of rotatable bonds is 9. The lowest BCUT2D eigenvalue weighted by Crippen LogP contribution is -2.44. The summed E-state index contributed by atoms with van der Waals surface area (Å²) in [4.78, 5) is 24.1. The summed E-state index contributed by atoms with van der Waals surface area (Å²) in [5.41, 5.74) is 7.56. The number of ether oxygens (including phenoxy) is 3. The van der Waals surface area contributed by atoms with Crippen LogP contribution in [0.3, 0.4) is 0 Å². The molecule has 2 N–H and O–H groups in total. The molecule has 0 spiro atoms. The standard InChI is InChI=1S/C25H26N2O5/c1-18-8-13-23(30-2)20(14-18)15-24(28)26-27-25(29)17-32-22-11-9-21(10-12-22)31-16-19-6-4-3-5-7-19/h3-14H,15-17H2,1-2H3,(H,26,28)(H,27,29). The number of benzene rings is 3. The van der Waals surface area contributed by atoms with Gasteiger partial charge >= 0.3 is 0 Å². The molecule has 32 heavy (non-hydrogen) atoms. The molecule has 0 heterocycles. The van der Waals surface area contributed by atoms with Crippen molar-refractivity contribution in [2.75, 3.05) is 13.7 Å². The van der Waals surface area contributed by atoms with Crippen molar-refractivity contribution in [3.8, 4) is 17.2 Å². The maximum absolute atomic E-state index is 12.1. The molecule has 0 bridgehead atoms. The summed E-state index contributed by atoms with van der Waals surface area (Å²) in [5.74, 6) is 1.00. The van der Waals surface area contributed by atoms with E-state index in [0.29, 0.717) is 23.9 Å². The molecule has 0 radical (unpaired) electrons. The lowest BCUT2D eigenvalue weighted by atomic mass is 10.1. The van der Waals surface area contributed by atoms with Gasteiger partial charge in [0.2, 0.25) is 5.91 Å². The Hall–Kier alpha value is -4.00. The summed E-state index contributed by atoms with van der Waals surface area (Å²) in [6.07, 6.45) is 0.0798. The van der Waals surface area contributed by atoms with Gasteiger partial charge in [0.1, 0.15) is 23.9 Å². The van der Waals surface area contributed by atoms with Crippen LogP contribution in [0.2, 0.25) is 0 Å². The van der Waals surface area contributed by atoms with Crippen LogP contribution in [0.1, 0.15) is 16.7 Å². The van der Waals surface area contributed by atoms with Crippen molar-refractivity contribution in [1.82, 2.24) is 10.9 Å². The molecule has 0 aliphatic carbocycles. The fraction of sp³-hybridized carbons (Fsp3) is 0.200. The summed E-state index contributed by atoms with van der Waals surface area (Å²) in [5, 5.41) is 0. The monoisotopic (exact) mass is 434 g/mol. The second-order valence-electron chi connectivity index (χ2n) is 7.12. The first-order chi connectivity index (χ1) is 15.5. The van der Waals surface area contributed by atoms with E-state index in [1.54, 1.807) is 31.4 Å². The molecule has 3 rings (SSSR count). The SMILES string of the molecule is COc1ccc(C)cc1CC(=O)NNC(=O)COc1ccc(OCc2ccccc2)cc1. The topological polar surface area (TPSA) is 85.9 Å². The van der Waals surface area contributed by atoms with E-state index in [2.05, 4.69) is 10.9 Å². The van der Waals surface area contributed by atoms with Gasteiger partial charge in [0.05, 0.1) is 13.5 Å². The van der Waals surface area contributed by atoms with Gasteiger partial charge in [-0.15, -0.1) is 0 Å². The van der Waals surface area contributed by atoms with Crippen molar-refractivity contribution in [2.45, 2.75) is 20.0 Å². The highest BCUT2D eigenvalue weighted by molar-refractivity contribution is 5.84. The molecule has 0 aliphatic heterocycles. The number of hydrogen-bond acceptors (Lipinski definition) is 5. The molecule has 0 aromatic heterocycles. The zero-order chi connectivity index (χ0) is 22.8. The Labute approximate surface area is 187 Å². The smallest absolute Gasteiger partial charge is 0.276 e. The van der Waals surface area contributed by atoms with Gasteiger partial charge in [-0.05, 0) is 42.8 Å². The van der Waals surface area contributed by atoms with Crippen molar-refractivity contribution in [1.29, 1.82) is 0 Å². The fourth-order valence-electron chi connectivity index (χ4n) is 2.96. The summed E-state index contributed by atoms with van der Waals surface area (Å²) < 4.78 is 16.4. The first-order valence-electron chi connectivity index (χ1n) is 10.1. The van der Waals surface area contributed by atoms with Gasteiger partial charge < -0.3 is 14.2 Å². The van der Waals surface area contributed by atoms with E-state index >= 15 is 0 Å². The number of aryl methyl sites for hydroxylation is 1. The number of carbonyl (C=O) groups is 2. The minimum Gasteiger partial charge on any atom is -0.496 e. The fourth-order valence-corrected chi connectivity index (χ4v) is 2.96. The summed E-state index contributed by atoms with van der Waals surface area (Å²) in [6.45, 7) is 2.16. The van der Waals surface area contributed by atoms with Crippen molar-refractivity contribution in [3.05, 3.63) is 89.5 Å². The molecule has 0 unspecified atom stereocenters. The molecular weight excluding hydrogens is 408 g/mol. The molecule has 0 atom stereocenters. The van der Waals surface area contributed by atoms with Crippen LogP contribution in [-0.2, 0) is 22.6 Å². The third kappa shape index (κ3) is 7.05. The Morgan fingerprint density at radius 1 is 0.812 bits per heavy atom. The van der Waals surface area contributed by atoms with Crippen LogP contribution in [0.5, 0.6) is 17.2 Å². The predicted octanol–water partition coefficient (Wildman–Crippen LogP) is 3.35. The molecule has 7 heteroatoms. The van der Waals surface area contributed by atoms with Gasteiger partial charge in [0.25, 0.3) is 5.91 Å². The third-order valence-corrected chi connectivity index (χ3v) is 4.57. The lowest BCUT2D eigenvalue weighted by molar-refractivity contribution is -0.129. The average molecular weight is 434 g/mol. The highest BCUT2D eigenvalue weighted by Crippen LogP contribution is 2.20. The van der Waals surface area contributed by atoms with Crippen LogP contribution in [0, 0.1) is 6.92 Å². The molecular formula is C25H26N2O5. The lowest BCUT2D eigenvalue weighted by Gasteiger charge is -2.11. The molecule has 166 valence electrons. The maximum Gasteiger partial charge on any atom is 0.276 e. The largest absolute Gasteiger partial charge is 0.496 e. The van der Waals surface area contributed by atoms with Crippen LogP contribution < -0.4 is 25.1 Å². The van der Waals surface area contributed by atoms with Crippen LogP contribution in [0.4, 0.5) is 0 Å². The normalized spacial score (nSPS) is 10.2. The number of methoxy groups -OCH3 is 1. The minimum atomic E-state index is -0.473. The van der Waals surface area contributed by atoms with Gasteiger partial charge in [-0.3, -0.25) is 20.4 Å². The first-order valence-corrected chi connectivity index (χ1v) is 10.1. The van der Waals surface area contributed by atoms with Crippen molar-refractivity contribution >= 4 is 11.8 Å². The van der Waals surface area contributed by atoms with Gasteiger partial charge in [0.15, 0.2) is 6.61 Å². The maximum atomic E-state index is 12.1. The zero-order valence-corrected chi connectivity index (χ0v) is 18.1. The minimum absolute atomic E-state index is 0.0798.